The van der Waals surface area contributed by atoms with Gasteiger partial charge in [0.1, 0.15) is 17.0 Å². The van der Waals surface area contributed by atoms with Crippen molar-refractivity contribution in [1.82, 2.24) is 9.97 Å². The Hall–Kier alpha value is -2.35. The van der Waals surface area contributed by atoms with Crippen molar-refractivity contribution in [1.29, 1.82) is 0 Å². The number of thioether (sulfide) groups is 1. The molecule has 0 spiro atoms. The maximum Gasteiger partial charge on any atom is 0.178 e. The van der Waals surface area contributed by atoms with Crippen molar-refractivity contribution in [2.75, 3.05) is 5.75 Å². The van der Waals surface area contributed by atoms with Crippen LogP contribution in [0.15, 0.2) is 59.4 Å². The lowest BCUT2D eigenvalue weighted by Gasteiger charge is -2.59. The highest BCUT2D eigenvalue weighted by molar-refractivity contribution is 8.00. The minimum atomic E-state index is -1.52. The second-order valence-corrected chi connectivity index (χ2v) is 13.0. The molecule has 3 fully saturated rings. The van der Waals surface area contributed by atoms with Crippen molar-refractivity contribution in [2.24, 2.45) is 34.5 Å². The molecule has 8 atom stereocenters. The molecule has 1 aromatic carbocycles. The number of hydrogen-bond donors (Lipinski definition) is 2. The Kier molecular flexibility index (Phi) is 5.79. The Morgan fingerprint density at radius 3 is 2.81 bits per heavy atom. The van der Waals surface area contributed by atoms with E-state index >= 15 is 0 Å². The van der Waals surface area contributed by atoms with Gasteiger partial charge in [0.25, 0.3) is 0 Å². The average Bonchev–Trinajstić information content (AvgIpc) is 3.08. The highest BCUT2D eigenvalue weighted by atomic mass is 32.2. The number of fused-ring (bicyclic) bond motifs is 6. The molecule has 2 aromatic rings. The van der Waals surface area contributed by atoms with Crippen LogP contribution in [0.25, 0.3) is 10.9 Å². The fourth-order valence-electron chi connectivity index (χ4n) is 8.59. The molecule has 2 N–H and O–H groups in total. The van der Waals surface area contributed by atoms with Crippen LogP contribution in [-0.4, -0.2) is 49.2 Å². The van der Waals surface area contributed by atoms with Crippen LogP contribution in [-0.2, 0) is 9.59 Å². The summed E-state index contributed by atoms with van der Waals surface area (Å²) in [4.78, 5) is 34.7. The number of hydrogen-bond acceptors (Lipinski definition) is 7. The van der Waals surface area contributed by atoms with Crippen LogP contribution in [0.2, 0.25) is 0 Å². The molecule has 37 heavy (non-hydrogen) atoms. The maximum absolute atomic E-state index is 13.9. The molecule has 1 aromatic heterocycles. The Balaban J connectivity index is 1.29. The molecule has 5 unspecified atom stereocenters. The SMILES string of the molecule is C[C@@H]1CC2C3CCC4=CC(=O)C=CC4(C)C3[C@@H](O)CC2(C)[C@@]1(O)C(=O)CSc1ncnc2ccccc12. The number of nitrogens with zero attached hydrogens (tertiary/aromatic N) is 2. The highest BCUT2D eigenvalue weighted by Gasteiger charge is 2.70. The molecule has 0 radical (unpaired) electrons. The second kappa shape index (κ2) is 8.58. The summed E-state index contributed by atoms with van der Waals surface area (Å²) in [6.07, 6.45) is 9.03. The molecule has 0 bridgehead atoms. The number of allylic oxidation sites excluding steroid dienone is 4. The quantitative estimate of drug-likeness (QED) is 0.452. The Morgan fingerprint density at radius 1 is 1.22 bits per heavy atom. The van der Waals surface area contributed by atoms with Crippen LogP contribution in [0.3, 0.4) is 0 Å². The van der Waals surface area contributed by atoms with Crippen molar-refractivity contribution in [3.05, 3.63) is 54.4 Å². The molecular formula is C30H34N2O4S. The first-order valence-corrected chi connectivity index (χ1v) is 14.3. The third kappa shape index (κ3) is 3.46. The topological polar surface area (TPSA) is 100 Å². The fraction of sp³-hybridized carbons (Fsp3) is 0.533. The lowest BCUT2D eigenvalue weighted by atomic mass is 9.46. The van der Waals surface area contributed by atoms with Gasteiger partial charge in [0, 0.05) is 22.1 Å². The smallest absolute Gasteiger partial charge is 0.178 e. The highest BCUT2D eigenvalue weighted by Crippen LogP contribution is 2.68. The van der Waals surface area contributed by atoms with Crippen molar-refractivity contribution < 1.29 is 19.8 Å². The van der Waals surface area contributed by atoms with E-state index in [0.717, 1.165) is 40.8 Å². The van der Waals surface area contributed by atoms with Gasteiger partial charge >= 0.3 is 0 Å². The van der Waals surface area contributed by atoms with E-state index in [9.17, 15) is 19.8 Å². The molecule has 6 rings (SSSR count). The predicted molar refractivity (Wildman–Crippen MR) is 143 cm³/mol. The van der Waals surface area contributed by atoms with Gasteiger partial charge < -0.3 is 10.2 Å². The van der Waals surface area contributed by atoms with Crippen LogP contribution in [0.1, 0.15) is 46.5 Å². The number of carbonyl (C=O) groups is 2. The van der Waals surface area contributed by atoms with Gasteiger partial charge in [0.15, 0.2) is 11.6 Å². The fourth-order valence-corrected chi connectivity index (χ4v) is 9.53. The van der Waals surface area contributed by atoms with Gasteiger partial charge in [-0.25, -0.2) is 9.97 Å². The Bertz CT molecular complexity index is 1350. The number of aromatic nitrogens is 2. The lowest BCUT2D eigenvalue weighted by Crippen LogP contribution is -2.62. The third-order valence-corrected chi connectivity index (χ3v) is 11.4. The van der Waals surface area contributed by atoms with Gasteiger partial charge in [-0.1, -0.05) is 62.4 Å². The number of aliphatic hydroxyl groups is 2. The molecule has 4 aliphatic rings. The standard InChI is InChI=1S/C30H34N2O4S/c1-17-12-22-20-9-8-18-13-19(33)10-11-28(18,2)26(20)24(34)14-29(22,3)30(17,36)25(35)15-37-27-21-6-4-5-7-23(21)31-16-32-27/h4-7,10-11,13,16-17,20,22,24,26,34,36H,8-9,12,14-15H2,1-3H3/t17-,20?,22?,24+,26?,28?,29?,30+/m1/s1. The van der Waals surface area contributed by atoms with Crippen LogP contribution < -0.4 is 0 Å². The van der Waals surface area contributed by atoms with E-state index in [0.29, 0.717) is 6.42 Å². The summed E-state index contributed by atoms with van der Waals surface area (Å²) < 4.78 is 0. The van der Waals surface area contributed by atoms with E-state index in [2.05, 4.69) is 16.9 Å². The number of Topliss-reactive ketones (excluding diaryl/α,β-unsaturated/α-hetero) is 1. The first kappa shape index (κ1) is 25.0. The van der Waals surface area contributed by atoms with E-state index in [1.165, 1.54) is 18.1 Å². The summed E-state index contributed by atoms with van der Waals surface area (Å²) in [6.45, 7) is 6.16. The lowest BCUT2D eigenvalue weighted by molar-refractivity contribution is -0.179. The van der Waals surface area contributed by atoms with Crippen LogP contribution in [0.4, 0.5) is 0 Å². The molecule has 3 saturated carbocycles. The summed E-state index contributed by atoms with van der Waals surface area (Å²) in [7, 11) is 0. The van der Waals surface area contributed by atoms with Crippen molar-refractivity contribution >= 4 is 34.2 Å². The summed E-state index contributed by atoms with van der Waals surface area (Å²) in [5.41, 5.74) is -0.671. The predicted octanol–water partition coefficient (Wildman–Crippen LogP) is 4.55. The van der Waals surface area contributed by atoms with Gasteiger partial charge in [-0.15, -0.1) is 0 Å². The van der Waals surface area contributed by atoms with Crippen molar-refractivity contribution in [3.63, 3.8) is 0 Å². The molecular weight excluding hydrogens is 484 g/mol. The van der Waals surface area contributed by atoms with E-state index in [-0.39, 0.29) is 46.4 Å². The zero-order valence-corrected chi connectivity index (χ0v) is 22.4. The number of para-hydroxylation sites is 1. The van der Waals surface area contributed by atoms with Gasteiger partial charge in [-0.2, -0.15) is 0 Å². The average molecular weight is 519 g/mol. The number of benzene rings is 1. The number of aliphatic hydroxyl groups excluding tert-OH is 1. The van der Waals surface area contributed by atoms with Crippen LogP contribution >= 0.6 is 11.8 Å². The summed E-state index contributed by atoms with van der Waals surface area (Å²) >= 11 is 1.35. The van der Waals surface area contributed by atoms with Crippen molar-refractivity contribution in [2.45, 2.75) is 63.2 Å². The normalized spacial score (nSPS) is 40.6. The second-order valence-electron chi connectivity index (χ2n) is 12.0. The molecule has 6 nitrogen and oxygen atoms in total. The van der Waals surface area contributed by atoms with Crippen LogP contribution in [0.5, 0.6) is 0 Å². The largest absolute Gasteiger partial charge is 0.393 e. The van der Waals surface area contributed by atoms with E-state index in [4.69, 9.17) is 0 Å². The van der Waals surface area contributed by atoms with Crippen molar-refractivity contribution in [3.8, 4) is 0 Å². The Morgan fingerprint density at radius 2 is 2.00 bits per heavy atom. The van der Waals surface area contributed by atoms with Gasteiger partial charge in [0.2, 0.25) is 0 Å². The summed E-state index contributed by atoms with van der Waals surface area (Å²) in [5.74, 6) is 0.0107. The zero-order chi connectivity index (χ0) is 26.2. The van der Waals surface area contributed by atoms with E-state index in [1.54, 1.807) is 12.2 Å². The Labute approximate surface area is 221 Å². The van der Waals surface area contributed by atoms with Crippen LogP contribution in [0, 0.1) is 34.5 Å². The first-order valence-electron chi connectivity index (χ1n) is 13.3. The molecule has 0 amide bonds. The monoisotopic (exact) mass is 518 g/mol. The van der Waals surface area contributed by atoms with E-state index < -0.39 is 17.1 Å². The first-order chi connectivity index (χ1) is 17.6. The van der Waals surface area contributed by atoms with Gasteiger partial charge in [-0.05, 0) is 61.7 Å². The molecule has 4 aliphatic carbocycles. The molecule has 194 valence electrons. The molecule has 0 saturated heterocycles. The third-order valence-electron chi connectivity index (χ3n) is 10.3. The van der Waals surface area contributed by atoms with E-state index in [1.807, 2.05) is 44.2 Å². The number of ketones is 2. The molecule has 0 aliphatic heterocycles. The molecule has 7 heteroatoms. The summed E-state index contributed by atoms with van der Waals surface area (Å²) in [5, 5.41) is 25.5. The van der Waals surface area contributed by atoms with Gasteiger partial charge in [-0.3, -0.25) is 9.59 Å². The van der Waals surface area contributed by atoms with Gasteiger partial charge in [0.05, 0.1) is 17.4 Å². The molecule has 1 heterocycles. The zero-order valence-electron chi connectivity index (χ0n) is 21.6. The maximum atomic E-state index is 13.9. The summed E-state index contributed by atoms with van der Waals surface area (Å²) in [6, 6.07) is 7.72. The number of rotatable bonds is 4. The minimum absolute atomic E-state index is 0.0180. The number of carbonyl (C=O) groups excluding carboxylic acids is 2. The minimum Gasteiger partial charge on any atom is -0.393 e.